The second-order valence-electron chi connectivity index (χ2n) is 4.05. The smallest absolute Gasteiger partial charge is 0.0824 e. The molecule has 0 aromatic carbocycles. The summed E-state index contributed by atoms with van der Waals surface area (Å²) < 4.78 is 7.55. The van der Waals surface area contributed by atoms with Crippen LogP contribution in [-0.2, 0) is 11.3 Å². The number of rotatable bonds is 3. The molecule has 2 N–H and O–H groups in total. The van der Waals surface area contributed by atoms with Crippen molar-refractivity contribution in [1.82, 2.24) is 9.88 Å². The topological polar surface area (TPSA) is 51.4 Å². The first kappa shape index (κ1) is 13.4. The Bertz CT molecular complexity index is 389. The molecule has 94 valence electrons. The lowest BCUT2D eigenvalue weighted by Crippen LogP contribution is -2.45. The molecule has 1 aromatic heterocycles. The van der Waals surface area contributed by atoms with Crippen molar-refractivity contribution >= 4 is 31.9 Å². The fourth-order valence-electron chi connectivity index (χ4n) is 1.84. The molecular weight excluding hydrogens is 350 g/mol. The average Bonchev–Trinajstić information content (AvgIpc) is 2.33. The summed E-state index contributed by atoms with van der Waals surface area (Å²) in [6.45, 7) is 3.95. The summed E-state index contributed by atoms with van der Waals surface area (Å²) in [4.78, 5) is 6.74. The van der Waals surface area contributed by atoms with E-state index in [9.17, 15) is 0 Å². The van der Waals surface area contributed by atoms with Crippen molar-refractivity contribution in [3.63, 3.8) is 0 Å². The minimum absolute atomic E-state index is 0.151. The van der Waals surface area contributed by atoms with E-state index in [0.29, 0.717) is 6.54 Å². The summed E-state index contributed by atoms with van der Waals surface area (Å²) in [5.74, 6) is 0. The number of halogens is 2. The van der Waals surface area contributed by atoms with Gasteiger partial charge >= 0.3 is 0 Å². The molecule has 1 aliphatic rings. The number of hydrogen-bond acceptors (Lipinski definition) is 4. The highest BCUT2D eigenvalue weighted by atomic mass is 79.9. The second kappa shape index (κ2) is 6.24. The first-order valence-corrected chi connectivity index (χ1v) is 7.11. The van der Waals surface area contributed by atoms with Crippen LogP contribution >= 0.6 is 31.9 Å². The van der Waals surface area contributed by atoms with Gasteiger partial charge in [0.15, 0.2) is 0 Å². The lowest BCUT2D eigenvalue weighted by atomic mass is 10.2. The van der Waals surface area contributed by atoms with Crippen LogP contribution in [0.3, 0.4) is 0 Å². The van der Waals surface area contributed by atoms with E-state index in [0.717, 1.165) is 40.9 Å². The first-order chi connectivity index (χ1) is 8.19. The Labute approximate surface area is 118 Å². The number of morpholine rings is 1. The van der Waals surface area contributed by atoms with Gasteiger partial charge in [-0.25, -0.2) is 0 Å². The van der Waals surface area contributed by atoms with Crippen molar-refractivity contribution in [3.05, 3.63) is 26.9 Å². The Morgan fingerprint density at radius 1 is 1.53 bits per heavy atom. The minimum atomic E-state index is 0.151. The predicted molar refractivity (Wildman–Crippen MR) is 73.7 cm³/mol. The molecule has 4 nitrogen and oxygen atoms in total. The molecule has 0 saturated carbocycles. The standard InChI is InChI=1S/C11H15Br2N3O/c12-8-3-10(13)11(15-5-8)7-16-1-2-17-9(4-14)6-16/h3,5,9H,1-2,4,6-7,14H2. The van der Waals surface area contributed by atoms with Crippen LogP contribution in [0.1, 0.15) is 5.69 Å². The number of pyridine rings is 1. The van der Waals surface area contributed by atoms with Crippen molar-refractivity contribution in [2.75, 3.05) is 26.2 Å². The third-order valence-electron chi connectivity index (χ3n) is 2.74. The zero-order valence-corrected chi connectivity index (χ0v) is 12.6. The third kappa shape index (κ3) is 3.72. The number of aromatic nitrogens is 1. The Kier molecular flexibility index (Phi) is 4.93. The molecule has 2 heterocycles. The van der Waals surface area contributed by atoms with E-state index in [4.69, 9.17) is 10.5 Å². The molecule has 1 fully saturated rings. The molecule has 1 aliphatic heterocycles. The zero-order chi connectivity index (χ0) is 12.3. The van der Waals surface area contributed by atoms with Crippen LogP contribution in [0.5, 0.6) is 0 Å². The summed E-state index contributed by atoms with van der Waals surface area (Å²) in [6.07, 6.45) is 1.97. The van der Waals surface area contributed by atoms with Gasteiger partial charge in [0.25, 0.3) is 0 Å². The van der Waals surface area contributed by atoms with Crippen molar-refractivity contribution in [3.8, 4) is 0 Å². The van der Waals surface area contributed by atoms with Gasteiger partial charge in [0.05, 0.1) is 18.4 Å². The maximum Gasteiger partial charge on any atom is 0.0824 e. The van der Waals surface area contributed by atoms with Gasteiger partial charge in [-0.15, -0.1) is 0 Å². The fraction of sp³-hybridized carbons (Fsp3) is 0.545. The molecule has 6 heteroatoms. The quantitative estimate of drug-likeness (QED) is 0.887. The lowest BCUT2D eigenvalue weighted by Gasteiger charge is -2.32. The Morgan fingerprint density at radius 2 is 2.35 bits per heavy atom. The van der Waals surface area contributed by atoms with Gasteiger partial charge in [0, 0.05) is 41.3 Å². The largest absolute Gasteiger partial charge is 0.374 e. The average molecular weight is 365 g/mol. The van der Waals surface area contributed by atoms with E-state index in [1.807, 2.05) is 12.3 Å². The molecule has 1 atom stereocenters. The van der Waals surface area contributed by atoms with Crippen LogP contribution in [0.2, 0.25) is 0 Å². The predicted octanol–water partition coefficient (Wildman–Crippen LogP) is 1.77. The molecule has 0 amide bonds. The van der Waals surface area contributed by atoms with E-state index < -0.39 is 0 Å². The van der Waals surface area contributed by atoms with E-state index in [-0.39, 0.29) is 6.10 Å². The number of nitrogens with two attached hydrogens (primary N) is 1. The van der Waals surface area contributed by atoms with E-state index >= 15 is 0 Å². The van der Waals surface area contributed by atoms with Gasteiger partial charge in [-0.3, -0.25) is 9.88 Å². The SMILES string of the molecule is NCC1CN(Cc2ncc(Br)cc2Br)CCO1. The molecule has 1 unspecified atom stereocenters. The molecule has 17 heavy (non-hydrogen) atoms. The number of nitrogens with zero attached hydrogens (tertiary/aromatic N) is 2. The number of hydrogen-bond donors (Lipinski definition) is 1. The summed E-state index contributed by atoms with van der Waals surface area (Å²) in [5, 5.41) is 0. The molecular formula is C11H15Br2N3O. The normalized spacial score (nSPS) is 21.7. The Balaban J connectivity index is 2.00. The maximum atomic E-state index is 5.63. The van der Waals surface area contributed by atoms with Crippen LogP contribution in [-0.4, -0.2) is 42.2 Å². The highest BCUT2D eigenvalue weighted by Crippen LogP contribution is 2.21. The van der Waals surface area contributed by atoms with Gasteiger partial charge < -0.3 is 10.5 Å². The summed E-state index contributed by atoms with van der Waals surface area (Å²) >= 11 is 6.93. The summed E-state index contributed by atoms with van der Waals surface area (Å²) in [6, 6.07) is 2.02. The van der Waals surface area contributed by atoms with E-state index in [1.165, 1.54) is 0 Å². The molecule has 0 aliphatic carbocycles. The van der Waals surface area contributed by atoms with Gasteiger partial charge in [0.1, 0.15) is 0 Å². The fourth-order valence-corrected chi connectivity index (χ4v) is 2.95. The first-order valence-electron chi connectivity index (χ1n) is 5.53. The molecule has 2 rings (SSSR count). The second-order valence-corrected chi connectivity index (χ2v) is 5.82. The molecule has 0 bridgehead atoms. The van der Waals surface area contributed by atoms with Crippen LogP contribution in [0.15, 0.2) is 21.2 Å². The molecule has 0 radical (unpaired) electrons. The van der Waals surface area contributed by atoms with Gasteiger partial charge in [0.2, 0.25) is 0 Å². The monoisotopic (exact) mass is 363 g/mol. The van der Waals surface area contributed by atoms with Crippen LogP contribution in [0, 0.1) is 0 Å². The van der Waals surface area contributed by atoms with E-state index in [2.05, 4.69) is 41.7 Å². The highest BCUT2D eigenvalue weighted by Gasteiger charge is 2.20. The highest BCUT2D eigenvalue weighted by molar-refractivity contribution is 9.11. The van der Waals surface area contributed by atoms with Gasteiger partial charge in [-0.05, 0) is 37.9 Å². The van der Waals surface area contributed by atoms with Gasteiger partial charge in [-0.1, -0.05) is 0 Å². The molecule has 0 spiro atoms. The van der Waals surface area contributed by atoms with Crippen molar-refractivity contribution in [2.45, 2.75) is 12.6 Å². The van der Waals surface area contributed by atoms with Crippen LogP contribution < -0.4 is 5.73 Å². The Hall–Kier alpha value is -0.0100. The van der Waals surface area contributed by atoms with Crippen LogP contribution in [0.4, 0.5) is 0 Å². The third-order valence-corrected chi connectivity index (χ3v) is 3.86. The van der Waals surface area contributed by atoms with Crippen molar-refractivity contribution in [1.29, 1.82) is 0 Å². The zero-order valence-electron chi connectivity index (χ0n) is 9.40. The molecule has 1 saturated heterocycles. The summed E-state index contributed by atoms with van der Waals surface area (Å²) in [7, 11) is 0. The van der Waals surface area contributed by atoms with E-state index in [1.54, 1.807) is 0 Å². The van der Waals surface area contributed by atoms with Crippen molar-refractivity contribution < 1.29 is 4.74 Å². The summed E-state index contributed by atoms with van der Waals surface area (Å²) in [5.41, 5.74) is 6.67. The van der Waals surface area contributed by atoms with Crippen LogP contribution in [0.25, 0.3) is 0 Å². The Morgan fingerprint density at radius 3 is 3.06 bits per heavy atom. The molecule has 1 aromatic rings. The maximum absolute atomic E-state index is 5.63. The van der Waals surface area contributed by atoms with Crippen molar-refractivity contribution in [2.24, 2.45) is 5.73 Å². The van der Waals surface area contributed by atoms with Gasteiger partial charge in [-0.2, -0.15) is 0 Å². The lowest BCUT2D eigenvalue weighted by molar-refractivity contribution is -0.0264. The minimum Gasteiger partial charge on any atom is -0.374 e. The number of ether oxygens (including phenoxy) is 1.